The Morgan fingerprint density at radius 1 is 1.29 bits per heavy atom. The van der Waals surface area contributed by atoms with Gasteiger partial charge in [0.2, 0.25) is 0 Å². The van der Waals surface area contributed by atoms with Crippen molar-refractivity contribution in [2.75, 3.05) is 6.61 Å². The second kappa shape index (κ2) is 7.61. The number of aliphatic hydroxyl groups is 1. The summed E-state index contributed by atoms with van der Waals surface area (Å²) in [5, 5.41) is 13.3. The highest BCUT2D eigenvalue weighted by molar-refractivity contribution is 5.75. The third kappa shape index (κ3) is 4.18. The third-order valence-corrected chi connectivity index (χ3v) is 3.06. The second-order valence-electron chi connectivity index (χ2n) is 4.56. The van der Waals surface area contributed by atoms with Crippen LogP contribution >= 0.6 is 0 Å². The van der Waals surface area contributed by atoms with E-state index in [1.807, 2.05) is 30.3 Å². The van der Waals surface area contributed by atoms with E-state index in [4.69, 9.17) is 9.15 Å². The van der Waals surface area contributed by atoms with Crippen molar-refractivity contribution in [3.8, 4) is 0 Å². The first kappa shape index (κ1) is 15.3. The van der Waals surface area contributed by atoms with Gasteiger partial charge in [-0.05, 0) is 24.6 Å². The van der Waals surface area contributed by atoms with Crippen LogP contribution in [0.3, 0.4) is 0 Å². The zero-order chi connectivity index (χ0) is 15.1. The Kier molecular flexibility index (Phi) is 5.54. The summed E-state index contributed by atoms with van der Waals surface area (Å²) in [5.41, 5.74) is 1.05. The van der Waals surface area contributed by atoms with Gasteiger partial charge in [0, 0.05) is 6.54 Å². The molecule has 5 heteroatoms. The van der Waals surface area contributed by atoms with Gasteiger partial charge in [0.05, 0.1) is 12.9 Å². The minimum Gasteiger partial charge on any atom is -0.468 e. The molecule has 5 nitrogen and oxygen atoms in total. The predicted octanol–water partition coefficient (Wildman–Crippen LogP) is 2.03. The summed E-state index contributed by atoms with van der Waals surface area (Å²) < 4.78 is 10.2. The Labute approximate surface area is 123 Å². The molecule has 2 atom stereocenters. The molecule has 0 amide bonds. The van der Waals surface area contributed by atoms with Gasteiger partial charge in [0.15, 0.2) is 6.10 Å². The first-order valence-corrected chi connectivity index (χ1v) is 6.87. The lowest BCUT2D eigenvalue weighted by Gasteiger charge is -2.21. The molecule has 2 aromatic rings. The van der Waals surface area contributed by atoms with Crippen molar-refractivity contribution >= 4 is 5.97 Å². The fraction of sp³-hybridized carbons (Fsp3) is 0.312. The zero-order valence-electron chi connectivity index (χ0n) is 11.9. The van der Waals surface area contributed by atoms with Crippen molar-refractivity contribution in [1.29, 1.82) is 0 Å². The normalized spacial score (nSPS) is 13.6. The summed E-state index contributed by atoms with van der Waals surface area (Å²) in [6.07, 6.45) is 0.185. The first-order valence-electron chi connectivity index (χ1n) is 6.87. The number of rotatable bonds is 7. The van der Waals surface area contributed by atoms with Crippen molar-refractivity contribution in [1.82, 2.24) is 5.32 Å². The Morgan fingerprint density at radius 2 is 2.05 bits per heavy atom. The molecule has 1 aromatic heterocycles. The van der Waals surface area contributed by atoms with Gasteiger partial charge in [-0.25, -0.2) is 4.79 Å². The average molecular weight is 289 g/mol. The molecule has 0 aliphatic carbocycles. The Morgan fingerprint density at radius 3 is 2.67 bits per heavy atom. The highest BCUT2D eigenvalue weighted by Crippen LogP contribution is 2.19. The quantitative estimate of drug-likeness (QED) is 0.763. The van der Waals surface area contributed by atoms with Gasteiger partial charge in [-0.1, -0.05) is 30.3 Å². The summed E-state index contributed by atoms with van der Waals surface area (Å²) in [6.45, 7) is 2.42. The van der Waals surface area contributed by atoms with Crippen molar-refractivity contribution in [3.05, 3.63) is 60.1 Å². The number of ether oxygens (including phenoxy) is 1. The molecule has 112 valence electrons. The molecule has 0 unspecified atom stereocenters. The van der Waals surface area contributed by atoms with E-state index in [0.717, 1.165) is 5.56 Å². The molecule has 21 heavy (non-hydrogen) atoms. The van der Waals surface area contributed by atoms with Gasteiger partial charge in [-0.2, -0.15) is 0 Å². The zero-order valence-corrected chi connectivity index (χ0v) is 11.9. The molecule has 1 heterocycles. The number of furan rings is 1. The highest BCUT2D eigenvalue weighted by Gasteiger charge is 2.30. The number of carbonyl (C=O) groups excluding carboxylic acids is 1. The molecule has 2 rings (SSSR count). The van der Waals surface area contributed by atoms with Crippen LogP contribution in [0.4, 0.5) is 0 Å². The van der Waals surface area contributed by atoms with Gasteiger partial charge in [-0.15, -0.1) is 0 Å². The lowest BCUT2D eigenvalue weighted by atomic mass is 10.1. The smallest absolute Gasteiger partial charge is 0.337 e. The van der Waals surface area contributed by atoms with Gasteiger partial charge in [0.25, 0.3) is 0 Å². The topological polar surface area (TPSA) is 71.7 Å². The van der Waals surface area contributed by atoms with Gasteiger partial charge < -0.3 is 19.6 Å². The summed E-state index contributed by atoms with van der Waals surface area (Å²) in [5.74, 6) is -0.175. The van der Waals surface area contributed by atoms with E-state index in [9.17, 15) is 9.90 Å². The standard InChI is InChI=1S/C16H19NO4/c1-2-20-16(19)15(18)14(13-9-6-10-21-13)17-11-12-7-4-3-5-8-12/h3-10,14-15,17-18H,2,11H2,1H3/t14-,15-/m0/s1. The molecule has 2 N–H and O–H groups in total. The van der Waals surface area contributed by atoms with E-state index in [-0.39, 0.29) is 6.61 Å². The van der Waals surface area contributed by atoms with Gasteiger partial charge >= 0.3 is 5.97 Å². The fourth-order valence-corrected chi connectivity index (χ4v) is 2.02. The lowest BCUT2D eigenvalue weighted by Crippen LogP contribution is -2.38. The van der Waals surface area contributed by atoms with E-state index in [0.29, 0.717) is 12.3 Å². The van der Waals surface area contributed by atoms with Crippen LogP contribution in [0.25, 0.3) is 0 Å². The first-order chi connectivity index (χ1) is 10.2. The van der Waals surface area contributed by atoms with E-state index >= 15 is 0 Å². The molecule has 0 fully saturated rings. The van der Waals surface area contributed by atoms with E-state index in [1.165, 1.54) is 6.26 Å². The fourth-order valence-electron chi connectivity index (χ4n) is 2.02. The summed E-state index contributed by atoms with van der Waals surface area (Å²) in [7, 11) is 0. The van der Waals surface area contributed by atoms with Crippen LogP contribution < -0.4 is 5.32 Å². The second-order valence-corrected chi connectivity index (χ2v) is 4.56. The van der Waals surface area contributed by atoms with Crippen molar-refractivity contribution < 1.29 is 19.1 Å². The van der Waals surface area contributed by atoms with Crippen LogP contribution in [0.1, 0.15) is 24.3 Å². The number of hydrogen-bond acceptors (Lipinski definition) is 5. The molecule has 0 saturated heterocycles. The predicted molar refractivity (Wildman–Crippen MR) is 77.4 cm³/mol. The monoisotopic (exact) mass is 289 g/mol. The van der Waals surface area contributed by atoms with Crippen LogP contribution in [-0.2, 0) is 16.1 Å². The van der Waals surface area contributed by atoms with Crippen LogP contribution in [0.5, 0.6) is 0 Å². The maximum absolute atomic E-state index is 11.7. The average Bonchev–Trinajstić information content (AvgIpc) is 3.03. The maximum Gasteiger partial charge on any atom is 0.337 e. The number of benzene rings is 1. The van der Waals surface area contributed by atoms with Crippen molar-refractivity contribution in [2.45, 2.75) is 25.6 Å². The summed E-state index contributed by atoms with van der Waals surface area (Å²) in [4.78, 5) is 11.7. The molecule has 1 aromatic carbocycles. The van der Waals surface area contributed by atoms with Gasteiger partial charge in [-0.3, -0.25) is 0 Å². The van der Waals surface area contributed by atoms with E-state index in [2.05, 4.69) is 5.32 Å². The summed E-state index contributed by atoms with van der Waals surface area (Å²) in [6, 6.07) is 12.5. The maximum atomic E-state index is 11.7. The number of nitrogens with one attached hydrogen (secondary N) is 1. The summed E-state index contributed by atoms with van der Waals surface area (Å²) >= 11 is 0. The molecule has 0 aliphatic heterocycles. The minimum atomic E-state index is -1.32. The molecule has 0 aliphatic rings. The third-order valence-electron chi connectivity index (χ3n) is 3.06. The Hall–Kier alpha value is -2.11. The van der Waals surface area contributed by atoms with Crippen LogP contribution in [0, 0.1) is 0 Å². The SMILES string of the molecule is CCOC(=O)[C@@H](O)[C@@H](NCc1ccccc1)c1ccco1. The molecule has 0 bridgehead atoms. The molecule has 0 saturated carbocycles. The van der Waals surface area contributed by atoms with Gasteiger partial charge in [0.1, 0.15) is 11.8 Å². The number of carbonyl (C=O) groups is 1. The number of aliphatic hydroxyl groups excluding tert-OH is 1. The van der Waals surface area contributed by atoms with E-state index in [1.54, 1.807) is 19.1 Å². The molecular formula is C16H19NO4. The molecular weight excluding hydrogens is 270 g/mol. The highest BCUT2D eigenvalue weighted by atomic mass is 16.5. The van der Waals surface area contributed by atoms with Crippen LogP contribution in [0.15, 0.2) is 53.1 Å². The van der Waals surface area contributed by atoms with Crippen LogP contribution in [-0.4, -0.2) is 23.8 Å². The Balaban J connectivity index is 2.08. The molecule has 0 radical (unpaired) electrons. The molecule has 0 spiro atoms. The van der Waals surface area contributed by atoms with Crippen molar-refractivity contribution in [3.63, 3.8) is 0 Å². The van der Waals surface area contributed by atoms with E-state index < -0.39 is 18.1 Å². The lowest BCUT2D eigenvalue weighted by molar-refractivity contribution is -0.155. The largest absolute Gasteiger partial charge is 0.468 e. The van der Waals surface area contributed by atoms with Crippen LogP contribution in [0.2, 0.25) is 0 Å². The van der Waals surface area contributed by atoms with Crippen molar-refractivity contribution in [2.24, 2.45) is 0 Å². The minimum absolute atomic E-state index is 0.222. The number of hydrogen-bond donors (Lipinski definition) is 2. The Bertz CT molecular complexity index is 539. The number of esters is 1.